The number of nitrogens with one attached hydrogen (secondary N) is 1. The highest BCUT2D eigenvalue weighted by atomic mass is 32.2. The first-order chi connectivity index (χ1) is 7.01. The third-order valence-electron chi connectivity index (χ3n) is 1.66. The van der Waals surface area contributed by atoms with Gasteiger partial charge in [-0.05, 0) is 32.9 Å². The highest BCUT2D eigenvalue weighted by molar-refractivity contribution is 7.99. The summed E-state index contributed by atoms with van der Waals surface area (Å²) in [6, 6.07) is 7.50. The second-order valence-corrected chi connectivity index (χ2v) is 5.18. The average molecular weight is 221 g/mol. The van der Waals surface area contributed by atoms with Crippen LogP contribution in [0, 0.1) is 11.3 Å². The van der Waals surface area contributed by atoms with Crippen LogP contribution in [-0.4, -0.2) is 16.4 Å². The van der Waals surface area contributed by atoms with Crippen LogP contribution in [0.5, 0.6) is 0 Å². The van der Waals surface area contributed by atoms with Crippen LogP contribution in [0.15, 0.2) is 23.2 Å². The number of thioether (sulfide) groups is 1. The first-order valence-corrected chi connectivity index (χ1v) is 5.75. The zero-order chi connectivity index (χ0) is 11.3. The van der Waals surface area contributed by atoms with E-state index < -0.39 is 0 Å². The monoisotopic (exact) mass is 221 g/mol. The topological polar surface area (TPSA) is 48.7 Å². The van der Waals surface area contributed by atoms with E-state index in [1.54, 1.807) is 17.8 Å². The van der Waals surface area contributed by atoms with Crippen LogP contribution in [0.4, 0.5) is 0 Å². The normalized spacial score (nSPS) is 11.1. The number of nitrogens with zero attached hydrogens (tertiary/aromatic N) is 2. The SMILES string of the molecule is CC(C)(C)NCSc1cccc(C#N)n1. The summed E-state index contributed by atoms with van der Waals surface area (Å²) >= 11 is 1.60. The molecule has 0 amide bonds. The number of nitriles is 1. The number of hydrogen-bond donors (Lipinski definition) is 1. The zero-order valence-electron chi connectivity index (χ0n) is 9.24. The van der Waals surface area contributed by atoms with Crippen molar-refractivity contribution in [1.29, 1.82) is 5.26 Å². The Bertz CT molecular complexity index is 363. The molecule has 0 radical (unpaired) electrons. The lowest BCUT2D eigenvalue weighted by atomic mass is 10.1. The molecule has 1 N–H and O–H groups in total. The van der Waals surface area contributed by atoms with E-state index in [-0.39, 0.29) is 5.54 Å². The molecule has 15 heavy (non-hydrogen) atoms. The highest BCUT2D eigenvalue weighted by Gasteiger charge is 2.08. The molecular formula is C11H15N3S. The van der Waals surface area contributed by atoms with Crippen LogP contribution >= 0.6 is 11.8 Å². The van der Waals surface area contributed by atoms with Gasteiger partial charge in [0.25, 0.3) is 0 Å². The third kappa shape index (κ3) is 4.82. The minimum absolute atomic E-state index is 0.111. The van der Waals surface area contributed by atoms with Gasteiger partial charge in [0.2, 0.25) is 0 Å². The Morgan fingerprint density at radius 2 is 2.20 bits per heavy atom. The molecule has 4 heteroatoms. The molecule has 0 fully saturated rings. The van der Waals surface area contributed by atoms with Crippen molar-refractivity contribution in [3.05, 3.63) is 23.9 Å². The van der Waals surface area contributed by atoms with E-state index in [1.165, 1.54) is 0 Å². The molecule has 0 saturated carbocycles. The second kappa shape index (κ2) is 5.15. The first kappa shape index (κ1) is 12.0. The summed E-state index contributed by atoms with van der Waals surface area (Å²) in [5, 5.41) is 12.9. The van der Waals surface area contributed by atoms with Crippen LogP contribution in [0.2, 0.25) is 0 Å². The quantitative estimate of drug-likeness (QED) is 0.629. The Hall–Kier alpha value is -1.05. The molecule has 1 rings (SSSR count). The number of hydrogen-bond acceptors (Lipinski definition) is 4. The second-order valence-electron chi connectivity index (χ2n) is 4.19. The Morgan fingerprint density at radius 3 is 2.80 bits per heavy atom. The fraction of sp³-hybridized carbons (Fsp3) is 0.455. The van der Waals surface area contributed by atoms with E-state index in [0.717, 1.165) is 10.9 Å². The van der Waals surface area contributed by atoms with E-state index in [0.29, 0.717) is 5.69 Å². The van der Waals surface area contributed by atoms with Gasteiger partial charge in [0.1, 0.15) is 11.8 Å². The molecule has 0 bridgehead atoms. The Morgan fingerprint density at radius 1 is 1.47 bits per heavy atom. The maximum Gasteiger partial charge on any atom is 0.141 e. The number of aromatic nitrogens is 1. The lowest BCUT2D eigenvalue weighted by Gasteiger charge is -2.19. The Labute approximate surface area is 94.9 Å². The van der Waals surface area contributed by atoms with E-state index >= 15 is 0 Å². The summed E-state index contributed by atoms with van der Waals surface area (Å²) in [7, 11) is 0. The van der Waals surface area contributed by atoms with E-state index in [9.17, 15) is 0 Å². The van der Waals surface area contributed by atoms with Gasteiger partial charge in [-0.2, -0.15) is 5.26 Å². The van der Waals surface area contributed by atoms with Crippen molar-refractivity contribution in [1.82, 2.24) is 10.3 Å². The molecule has 0 spiro atoms. The van der Waals surface area contributed by atoms with Crippen LogP contribution in [0.1, 0.15) is 26.5 Å². The molecule has 0 aromatic carbocycles. The molecular weight excluding hydrogens is 206 g/mol. The summed E-state index contributed by atoms with van der Waals surface area (Å²) in [6.45, 7) is 6.35. The minimum atomic E-state index is 0.111. The van der Waals surface area contributed by atoms with Gasteiger partial charge >= 0.3 is 0 Å². The van der Waals surface area contributed by atoms with Crippen molar-refractivity contribution >= 4 is 11.8 Å². The minimum Gasteiger partial charge on any atom is -0.303 e. The largest absolute Gasteiger partial charge is 0.303 e. The van der Waals surface area contributed by atoms with Crippen molar-refractivity contribution in [3.63, 3.8) is 0 Å². The molecule has 0 atom stereocenters. The van der Waals surface area contributed by atoms with Crippen molar-refractivity contribution in [2.75, 3.05) is 5.88 Å². The molecule has 3 nitrogen and oxygen atoms in total. The summed E-state index contributed by atoms with van der Waals surface area (Å²) < 4.78 is 0. The standard InChI is InChI=1S/C11H15N3S/c1-11(2,3)13-8-15-10-6-4-5-9(7-12)14-10/h4-6,13H,8H2,1-3H3. The molecule has 1 heterocycles. The van der Waals surface area contributed by atoms with Crippen LogP contribution in [0.25, 0.3) is 0 Å². The van der Waals surface area contributed by atoms with Gasteiger partial charge in [-0.15, -0.1) is 0 Å². The summed E-state index contributed by atoms with van der Waals surface area (Å²) in [4.78, 5) is 4.17. The van der Waals surface area contributed by atoms with Crippen LogP contribution in [-0.2, 0) is 0 Å². The van der Waals surface area contributed by atoms with Crippen molar-refractivity contribution in [2.45, 2.75) is 31.3 Å². The molecule has 0 aliphatic rings. The molecule has 80 valence electrons. The van der Waals surface area contributed by atoms with Gasteiger partial charge < -0.3 is 5.32 Å². The summed E-state index contributed by atoms with van der Waals surface area (Å²) in [6.07, 6.45) is 0. The Kier molecular flexibility index (Phi) is 4.13. The van der Waals surface area contributed by atoms with Crippen molar-refractivity contribution < 1.29 is 0 Å². The van der Waals surface area contributed by atoms with Gasteiger partial charge in [0, 0.05) is 11.4 Å². The fourth-order valence-corrected chi connectivity index (χ4v) is 1.87. The molecule has 0 saturated heterocycles. The predicted octanol–water partition coefficient (Wildman–Crippen LogP) is 2.39. The van der Waals surface area contributed by atoms with Gasteiger partial charge in [-0.1, -0.05) is 17.8 Å². The third-order valence-corrected chi connectivity index (χ3v) is 2.47. The van der Waals surface area contributed by atoms with Gasteiger partial charge in [0.05, 0.1) is 5.03 Å². The van der Waals surface area contributed by atoms with Gasteiger partial charge in [-0.25, -0.2) is 4.98 Å². The lowest BCUT2D eigenvalue weighted by molar-refractivity contribution is 0.461. The van der Waals surface area contributed by atoms with Crippen molar-refractivity contribution in [3.8, 4) is 6.07 Å². The fourth-order valence-electron chi connectivity index (χ4n) is 0.884. The molecule has 1 aromatic heterocycles. The smallest absolute Gasteiger partial charge is 0.141 e. The zero-order valence-corrected chi connectivity index (χ0v) is 10.1. The number of rotatable bonds is 3. The molecule has 0 unspecified atom stereocenters. The molecule has 0 aliphatic heterocycles. The van der Waals surface area contributed by atoms with Crippen LogP contribution in [0.3, 0.4) is 0 Å². The first-order valence-electron chi connectivity index (χ1n) is 4.76. The van der Waals surface area contributed by atoms with E-state index in [2.05, 4.69) is 31.1 Å². The van der Waals surface area contributed by atoms with Crippen molar-refractivity contribution in [2.24, 2.45) is 0 Å². The molecule has 1 aromatic rings. The number of pyridine rings is 1. The van der Waals surface area contributed by atoms with Crippen LogP contribution < -0.4 is 5.32 Å². The maximum atomic E-state index is 8.68. The summed E-state index contributed by atoms with van der Waals surface area (Å²) in [5.74, 6) is 0.797. The van der Waals surface area contributed by atoms with Gasteiger partial charge in [-0.3, -0.25) is 0 Å². The predicted molar refractivity (Wildman–Crippen MR) is 62.6 cm³/mol. The van der Waals surface area contributed by atoms with E-state index in [1.807, 2.05) is 18.2 Å². The maximum absolute atomic E-state index is 8.68. The Balaban J connectivity index is 2.48. The molecule has 0 aliphatic carbocycles. The van der Waals surface area contributed by atoms with E-state index in [4.69, 9.17) is 5.26 Å². The lowest BCUT2D eigenvalue weighted by Crippen LogP contribution is -2.35. The highest BCUT2D eigenvalue weighted by Crippen LogP contribution is 2.15. The average Bonchev–Trinajstić information content (AvgIpc) is 2.16. The summed E-state index contributed by atoms with van der Waals surface area (Å²) in [5.41, 5.74) is 0.579. The van der Waals surface area contributed by atoms with Gasteiger partial charge in [0.15, 0.2) is 0 Å².